The summed E-state index contributed by atoms with van der Waals surface area (Å²) >= 11 is 0. The van der Waals surface area contributed by atoms with Crippen molar-refractivity contribution in [2.45, 2.75) is 6.17 Å². The van der Waals surface area contributed by atoms with Crippen LogP contribution in [0.5, 0.6) is 0 Å². The van der Waals surface area contributed by atoms with Gasteiger partial charge in [0.25, 0.3) is 5.56 Å². The molecule has 1 aliphatic heterocycles. The van der Waals surface area contributed by atoms with Crippen molar-refractivity contribution < 1.29 is 0 Å². The lowest BCUT2D eigenvalue weighted by molar-refractivity contribution is 0.759. The molecule has 0 radical (unpaired) electrons. The van der Waals surface area contributed by atoms with Crippen molar-refractivity contribution in [1.82, 2.24) is 4.98 Å². The molecule has 1 aromatic heterocycles. The number of pyridine rings is 1. The van der Waals surface area contributed by atoms with Gasteiger partial charge in [0.05, 0.1) is 11.3 Å². The summed E-state index contributed by atoms with van der Waals surface area (Å²) in [6, 6.07) is 1.67. The number of H-pyrrole nitrogens is 1. The molecule has 56 valence electrons. The van der Waals surface area contributed by atoms with Crippen molar-refractivity contribution in [3.63, 3.8) is 0 Å². The largest absolute Gasteiger partial charge is 0.329 e. The second-order valence-electron chi connectivity index (χ2n) is 2.27. The summed E-state index contributed by atoms with van der Waals surface area (Å²) in [6.07, 6.45) is 0.938. The molecule has 2 heterocycles. The molecule has 5 heteroatoms. The first kappa shape index (κ1) is 6.23. The number of fused-ring (bicyclic) bond motifs is 1. The van der Waals surface area contributed by atoms with Crippen LogP contribution >= 0.6 is 0 Å². The number of azo groups is 1. The third-order valence-electron chi connectivity index (χ3n) is 1.56. The molecule has 2 rings (SSSR count). The average Bonchev–Trinajstić information content (AvgIpc) is 2.34. The predicted octanol–water partition coefficient (Wildman–Crippen LogP) is 0.429. The number of nitrogens with one attached hydrogen (secondary N) is 1. The second-order valence-corrected chi connectivity index (χ2v) is 2.27. The van der Waals surface area contributed by atoms with Gasteiger partial charge >= 0.3 is 0 Å². The highest BCUT2D eigenvalue weighted by Gasteiger charge is 2.19. The normalized spacial score (nSPS) is 20.3. The van der Waals surface area contributed by atoms with E-state index >= 15 is 0 Å². The maximum absolute atomic E-state index is 11.1. The zero-order valence-electron chi connectivity index (χ0n) is 5.61. The molecular weight excluding hydrogens is 144 g/mol. The lowest BCUT2D eigenvalue weighted by atomic mass is 10.2. The highest BCUT2D eigenvalue weighted by Crippen LogP contribution is 2.27. The molecule has 1 atom stereocenters. The van der Waals surface area contributed by atoms with E-state index < -0.39 is 6.17 Å². The minimum atomic E-state index is -0.588. The van der Waals surface area contributed by atoms with Crippen LogP contribution in [-0.4, -0.2) is 4.98 Å². The summed E-state index contributed by atoms with van der Waals surface area (Å²) in [7, 11) is 0. The summed E-state index contributed by atoms with van der Waals surface area (Å²) < 4.78 is 0. The Balaban J connectivity index is 2.75. The third-order valence-corrected chi connectivity index (χ3v) is 1.56. The van der Waals surface area contributed by atoms with Gasteiger partial charge < -0.3 is 10.7 Å². The van der Waals surface area contributed by atoms with Gasteiger partial charge in [-0.05, 0) is 6.07 Å². The summed E-state index contributed by atoms with van der Waals surface area (Å²) in [5, 5.41) is 7.37. The van der Waals surface area contributed by atoms with Gasteiger partial charge in [0.1, 0.15) is 0 Å². The fraction of sp³-hybridized carbons (Fsp3) is 0.167. The molecule has 0 saturated heterocycles. The van der Waals surface area contributed by atoms with Crippen molar-refractivity contribution >= 4 is 5.69 Å². The molecule has 5 nitrogen and oxygen atoms in total. The Morgan fingerprint density at radius 1 is 1.64 bits per heavy atom. The van der Waals surface area contributed by atoms with E-state index in [-0.39, 0.29) is 5.56 Å². The summed E-state index contributed by atoms with van der Waals surface area (Å²) in [4.78, 5) is 13.6. The van der Waals surface area contributed by atoms with Crippen LogP contribution in [0.3, 0.4) is 0 Å². The van der Waals surface area contributed by atoms with E-state index in [1.165, 1.54) is 6.20 Å². The Labute approximate surface area is 62.0 Å². The summed E-state index contributed by atoms with van der Waals surface area (Å²) in [5.41, 5.74) is 6.28. The van der Waals surface area contributed by atoms with Gasteiger partial charge in [-0.1, -0.05) is 0 Å². The first-order valence-electron chi connectivity index (χ1n) is 3.17. The number of rotatable bonds is 0. The van der Waals surface area contributed by atoms with Gasteiger partial charge in [-0.15, -0.1) is 0 Å². The molecule has 1 aliphatic rings. The van der Waals surface area contributed by atoms with Crippen LogP contribution in [0.4, 0.5) is 5.69 Å². The fourth-order valence-electron chi connectivity index (χ4n) is 1.04. The van der Waals surface area contributed by atoms with E-state index in [1.807, 2.05) is 0 Å². The first-order valence-corrected chi connectivity index (χ1v) is 3.17. The Morgan fingerprint density at radius 2 is 2.45 bits per heavy atom. The quantitative estimate of drug-likeness (QED) is 0.562. The summed E-state index contributed by atoms with van der Waals surface area (Å²) in [5.74, 6) is 0. The molecule has 3 N–H and O–H groups in total. The Bertz CT molecular complexity index is 367. The van der Waals surface area contributed by atoms with Crippen LogP contribution in [0.25, 0.3) is 0 Å². The van der Waals surface area contributed by atoms with Crippen LogP contribution in [0.2, 0.25) is 0 Å². The van der Waals surface area contributed by atoms with Gasteiger partial charge in [0, 0.05) is 6.20 Å². The van der Waals surface area contributed by atoms with Crippen molar-refractivity contribution in [2.75, 3.05) is 0 Å². The highest BCUT2D eigenvalue weighted by molar-refractivity contribution is 5.46. The Kier molecular flexibility index (Phi) is 1.13. The molecule has 0 spiro atoms. The fourth-order valence-corrected chi connectivity index (χ4v) is 1.04. The van der Waals surface area contributed by atoms with E-state index in [2.05, 4.69) is 15.2 Å². The minimum Gasteiger partial charge on any atom is -0.329 e. The maximum atomic E-state index is 11.1. The monoisotopic (exact) mass is 150 g/mol. The van der Waals surface area contributed by atoms with Gasteiger partial charge in [-0.25, -0.2) is 0 Å². The molecule has 0 fully saturated rings. The molecule has 1 aromatic rings. The molecular formula is C6H6N4O. The van der Waals surface area contributed by atoms with Crippen LogP contribution in [0.15, 0.2) is 27.3 Å². The van der Waals surface area contributed by atoms with Gasteiger partial charge in [0.2, 0.25) is 0 Å². The first-order chi connectivity index (χ1) is 5.29. The molecule has 0 saturated carbocycles. The second kappa shape index (κ2) is 2.00. The van der Waals surface area contributed by atoms with Crippen LogP contribution in [-0.2, 0) is 0 Å². The highest BCUT2D eigenvalue weighted by atomic mass is 16.1. The van der Waals surface area contributed by atoms with Crippen LogP contribution < -0.4 is 11.3 Å². The number of hydrogen-bond donors (Lipinski definition) is 2. The molecule has 0 aromatic carbocycles. The number of nitrogens with zero attached hydrogens (tertiary/aromatic N) is 2. The van der Waals surface area contributed by atoms with Crippen molar-refractivity contribution in [3.05, 3.63) is 28.2 Å². The van der Waals surface area contributed by atoms with Crippen LogP contribution in [0, 0.1) is 0 Å². The Morgan fingerprint density at radius 3 is 3.18 bits per heavy atom. The van der Waals surface area contributed by atoms with Gasteiger partial charge in [0.15, 0.2) is 6.17 Å². The smallest absolute Gasteiger partial charge is 0.257 e. The number of aromatic nitrogens is 1. The van der Waals surface area contributed by atoms with Crippen LogP contribution in [0.1, 0.15) is 11.7 Å². The lowest BCUT2D eigenvalue weighted by Gasteiger charge is -1.96. The van der Waals surface area contributed by atoms with Crippen molar-refractivity contribution in [3.8, 4) is 0 Å². The molecule has 11 heavy (non-hydrogen) atoms. The van der Waals surface area contributed by atoms with E-state index in [4.69, 9.17) is 5.73 Å². The number of hydrogen-bond acceptors (Lipinski definition) is 4. The zero-order valence-corrected chi connectivity index (χ0v) is 5.61. The average molecular weight is 150 g/mol. The third kappa shape index (κ3) is 0.779. The van der Waals surface area contributed by atoms with Gasteiger partial charge in [-0.3, -0.25) is 4.79 Å². The van der Waals surface area contributed by atoms with Crippen molar-refractivity contribution in [1.29, 1.82) is 0 Å². The van der Waals surface area contributed by atoms with Crippen molar-refractivity contribution in [2.24, 2.45) is 16.0 Å². The predicted molar refractivity (Wildman–Crippen MR) is 38.5 cm³/mol. The summed E-state index contributed by atoms with van der Waals surface area (Å²) in [6.45, 7) is 0. The lowest BCUT2D eigenvalue weighted by Crippen LogP contribution is -2.17. The molecule has 1 unspecified atom stereocenters. The molecule has 0 amide bonds. The standard InChI is InChI=1S/C6H6N4O/c7-5-4-3(9-10-5)1-2-8-6(4)11/h1-2,5H,7H2,(H,8,11). The van der Waals surface area contributed by atoms with E-state index in [0.717, 1.165) is 0 Å². The number of nitrogens with two attached hydrogens (primary N) is 1. The molecule has 0 aliphatic carbocycles. The zero-order chi connectivity index (χ0) is 7.84. The van der Waals surface area contributed by atoms with E-state index in [9.17, 15) is 4.79 Å². The maximum Gasteiger partial charge on any atom is 0.257 e. The molecule has 0 bridgehead atoms. The van der Waals surface area contributed by atoms with Gasteiger partial charge in [-0.2, -0.15) is 10.2 Å². The Hall–Kier alpha value is -1.49. The topological polar surface area (TPSA) is 83.6 Å². The number of aromatic amines is 1. The minimum absolute atomic E-state index is 0.208. The van der Waals surface area contributed by atoms with E-state index in [1.54, 1.807) is 6.07 Å². The SMILES string of the molecule is NC1N=Nc2cc[nH]c(=O)c21. The van der Waals surface area contributed by atoms with E-state index in [0.29, 0.717) is 11.3 Å².